The van der Waals surface area contributed by atoms with E-state index in [1.165, 1.54) is 14.2 Å². The van der Waals surface area contributed by atoms with Crippen LogP contribution in [0.3, 0.4) is 0 Å². The number of carbonyl (C=O) groups excluding carboxylic acids is 2. The largest absolute Gasteiger partial charge is 0.497 e. The van der Waals surface area contributed by atoms with E-state index < -0.39 is 12.0 Å². The minimum absolute atomic E-state index is 0.0759. The van der Waals surface area contributed by atoms with E-state index in [2.05, 4.69) is 10.6 Å². The lowest BCUT2D eigenvalue weighted by Crippen LogP contribution is -2.39. The maximum Gasteiger partial charge on any atom is 0.334 e. The zero-order valence-electron chi connectivity index (χ0n) is 13.9. The quantitative estimate of drug-likeness (QED) is 0.641. The molecule has 7 nitrogen and oxygen atoms in total. The fourth-order valence-electron chi connectivity index (χ4n) is 2.53. The summed E-state index contributed by atoms with van der Waals surface area (Å²) >= 11 is 0. The van der Waals surface area contributed by atoms with Crippen LogP contribution in [0.25, 0.3) is 0 Å². The van der Waals surface area contributed by atoms with Gasteiger partial charge in [0.05, 0.1) is 32.0 Å². The van der Waals surface area contributed by atoms with Crippen molar-refractivity contribution in [1.29, 1.82) is 0 Å². The maximum absolute atomic E-state index is 12.4. The van der Waals surface area contributed by atoms with Crippen LogP contribution < -0.4 is 24.8 Å². The molecule has 0 saturated heterocycles. The number of methoxy groups -OCH3 is 2. The molecule has 3 rings (SSSR count). The maximum atomic E-state index is 12.4. The van der Waals surface area contributed by atoms with Gasteiger partial charge in [0.1, 0.15) is 17.5 Å². The lowest BCUT2D eigenvalue weighted by atomic mass is 10.1. The second-order valence-electron chi connectivity index (χ2n) is 5.43. The number of anilines is 2. The Morgan fingerprint density at radius 2 is 2.00 bits per heavy atom. The van der Waals surface area contributed by atoms with Crippen LogP contribution in [-0.2, 0) is 9.59 Å². The van der Waals surface area contributed by atoms with E-state index in [-0.39, 0.29) is 12.3 Å². The standard InChI is InChI=1S/C18H18N2O5/c1-23-11-7-8-15(24-2)13(9-11)20-17(21)10-14-18(22)25-16-6-4-3-5-12(16)19-14/h3-9,14,19H,10H2,1-2H3,(H,20,21)/t14-/m0/s1. The van der Waals surface area contributed by atoms with Crippen LogP contribution in [-0.4, -0.2) is 32.1 Å². The predicted molar refractivity (Wildman–Crippen MR) is 92.3 cm³/mol. The van der Waals surface area contributed by atoms with Gasteiger partial charge in [0.25, 0.3) is 0 Å². The van der Waals surface area contributed by atoms with Crippen molar-refractivity contribution in [2.75, 3.05) is 24.9 Å². The van der Waals surface area contributed by atoms with E-state index in [0.717, 1.165) is 0 Å². The van der Waals surface area contributed by atoms with E-state index in [1.807, 2.05) is 6.07 Å². The van der Waals surface area contributed by atoms with Crippen molar-refractivity contribution in [2.45, 2.75) is 12.5 Å². The molecule has 0 bridgehead atoms. The first-order chi connectivity index (χ1) is 12.1. The molecular formula is C18H18N2O5. The van der Waals surface area contributed by atoms with E-state index >= 15 is 0 Å². The van der Waals surface area contributed by atoms with E-state index in [1.54, 1.807) is 36.4 Å². The molecule has 0 spiro atoms. The Morgan fingerprint density at radius 3 is 2.76 bits per heavy atom. The van der Waals surface area contributed by atoms with Gasteiger partial charge < -0.3 is 24.8 Å². The Bertz CT molecular complexity index is 806. The molecule has 7 heteroatoms. The summed E-state index contributed by atoms with van der Waals surface area (Å²) in [7, 11) is 3.04. The molecule has 0 radical (unpaired) electrons. The highest BCUT2D eigenvalue weighted by Crippen LogP contribution is 2.31. The van der Waals surface area contributed by atoms with E-state index in [0.29, 0.717) is 28.6 Å². The van der Waals surface area contributed by atoms with Crippen molar-refractivity contribution in [3.63, 3.8) is 0 Å². The van der Waals surface area contributed by atoms with E-state index in [4.69, 9.17) is 14.2 Å². The second kappa shape index (κ2) is 7.12. The lowest BCUT2D eigenvalue weighted by Gasteiger charge is -2.25. The molecule has 0 fully saturated rings. The molecule has 0 aliphatic carbocycles. The average Bonchev–Trinajstić information content (AvgIpc) is 2.62. The molecule has 1 heterocycles. The van der Waals surface area contributed by atoms with Crippen LogP contribution in [0.15, 0.2) is 42.5 Å². The Hall–Kier alpha value is -3.22. The molecule has 1 aliphatic heterocycles. The first kappa shape index (κ1) is 16.6. The van der Waals surface area contributed by atoms with Crippen LogP contribution in [0.2, 0.25) is 0 Å². The Kier molecular flexibility index (Phi) is 4.74. The molecule has 25 heavy (non-hydrogen) atoms. The minimum atomic E-state index is -0.758. The van der Waals surface area contributed by atoms with Crippen molar-refractivity contribution in [1.82, 2.24) is 0 Å². The third-order valence-electron chi connectivity index (χ3n) is 3.78. The van der Waals surface area contributed by atoms with Gasteiger partial charge in [-0.3, -0.25) is 4.79 Å². The second-order valence-corrected chi connectivity index (χ2v) is 5.43. The smallest absolute Gasteiger partial charge is 0.334 e. The zero-order valence-corrected chi connectivity index (χ0v) is 13.9. The van der Waals surface area contributed by atoms with Gasteiger partial charge in [-0.1, -0.05) is 12.1 Å². The molecule has 2 aromatic carbocycles. The number of hydrogen-bond acceptors (Lipinski definition) is 6. The third kappa shape index (κ3) is 3.65. The summed E-state index contributed by atoms with van der Waals surface area (Å²) in [5.41, 5.74) is 1.15. The molecule has 2 N–H and O–H groups in total. The molecule has 130 valence electrons. The molecule has 1 amide bonds. The van der Waals surface area contributed by atoms with Crippen molar-refractivity contribution >= 4 is 23.3 Å². The van der Waals surface area contributed by atoms with Crippen LogP contribution >= 0.6 is 0 Å². The average molecular weight is 342 g/mol. The zero-order chi connectivity index (χ0) is 17.8. The summed E-state index contributed by atoms with van der Waals surface area (Å²) in [4.78, 5) is 24.4. The number of para-hydroxylation sites is 2. The summed E-state index contributed by atoms with van der Waals surface area (Å²) in [6, 6.07) is 11.4. The molecule has 1 aliphatic rings. The van der Waals surface area contributed by atoms with Gasteiger partial charge in [-0.2, -0.15) is 0 Å². The lowest BCUT2D eigenvalue weighted by molar-refractivity contribution is -0.137. The van der Waals surface area contributed by atoms with Gasteiger partial charge in [-0.25, -0.2) is 4.79 Å². The normalized spacial score (nSPS) is 15.4. The topological polar surface area (TPSA) is 85.9 Å². The first-order valence-corrected chi connectivity index (χ1v) is 7.70. The van der Waals surface area contributed by atoms with Crippen molar-refractivity contribution in [3.05, 3.63) is 42.5 Å². The van der Waals surface area contributed by atoms with Gasteiger partial charge >= 0.3 is 5.97 Å². The summed E-state index contributed by atoms with van der Waals surface area (Å²) in [5, 5.41) is 5.76. The number of benzene rings is 2. The van der Waals surface area contributed by atoms with Crippen molar-refractivity contribution in [3.8, 4) is 17.2 Å². The summed E-state index contributed by atoms with van der Waals surface area (Å²) in [6.45, 7) is 0. The van der Waals surface area contributed by atoms with Crippen molar-refractivity contribution in [2.24, 2.45) is 0 Å². The van der Waals surface area contributed by atoms with Gasteiger partial charge in [0, 0.05) is 6.07 Å². The molecule has 1 atom stereocenters. The highest BCUT2D eigenvalue weighted by Gasteiger charge is 2.29. The van der Waals surface area contributed by atoms with Crippen LogP contribution in [0.1, 0.15) is 6.42 Å². The highest BCUT2D eigenvalue weighted by molar-refractivity contribution is 5.98. The molecule has 2 aromatic rings. The number of carbonyl (C=O) groups is 2. The van der Waals surface area contributed by atoms with Crippen molar-refractivity contribution < 1.29 is 23.8 Å². The monoisotopic (exact) mass is 342 g/mol. The minimum Gasteiger partial charge on any atom is -0.497 e. The first-order valence-electron chi connectivity index (χ1n) is 7.70. The number of hydrogen-bond donors (Lipinski definition) is 2. The number of fused-ring (bicyclic) bond motifs is 1. The Balaban J connectivity index is 1.70. The number of esters is 1. The molecule has 0 unspecified atom stereocenters. The Morgan fingerprint density at radius 1 is 1.20 bits per heavy atom. The fraction of sp³-hybridized carbons (Fsp3) is 0.222. The highest BCUT2D eigenvalue weighted by atomic mass is 16.5. The summed E-state index contributed by atoms with van der Waals surface area (Å²) in [6.07, 6.45) is -0.0759. The summed E-state index contributed by atoms with van der Waals surface area (Å²) in [5.74, 6) is 0.698. The molecular weight excluding hydrogens is 324 g/mol. The Labute approximate surface area is 144 Å². The van der Waals surface area contributed by atoms with Gasteiger partial charge in [-0.05, 0) is 24.3 Å². The van der Waals surface area contributed by atoms with Gasteiger partial charge in [-0.15, -0.1) is 0 Å². The fourth-order valence-corrected chi connectivity index (χ4v) is 2.53. The van der Waals surface area contributed by atoms with Crippen LogP contribution in [0.4, 0.5) is 11.4 Å². The van der Waals surface area contributed by atoms with Crippen LogP contribution in [0.5, 0.6) is 17.2 Å². The number of nitrogens with one attached hydrogen (secondary N) is 2. The number of rotatable bonds is 5. The van der Waals surface area contributed by atoms with Gasteiger partial charge in [0.15, 0.2) is 5.75 Å². The molecule has 0 saturated carbocycles. The SMILES string of the molecule is COc1ccc(OC)c(NC(=O)C[C@@H]2Nc3ccccc3OC2=O)c1. The van der Waals surface area contributed by atoms with Crippen LogP contribution in [0, 0.1) is 0 Å². The van der Waals surface area contributed by atoms with Gasteiger partial charge in [0.2, 0.25) is 5.91 Å². The molecule has 0 aromatic heterocycles. The van der Waals surface area contributed by atoms with E-state index in [9.17, 15) is 9.59 Å². The summed E-state index contributed by atoms with van der Waals surface area (Å²) < 4.78 is 15.6. The predicted octanol–water partition coefficient (Wildman–Crippen LogP) is 2.43. The number of amides is 1. The third-order valence-corrected chi connectivity index (χ3v) is 3.78. The number of ether oxygens (including phenoxy) is 3.